The van der Waals surface area contributed by atoms with E-state index in [1.54, 1.807) is 0 Å². The second-order valence-corrected chi connectivity index (χ2v) is 4.54. The maximum absolute atomic E-state index is 6.09. The average Bonchev–Trinajstić information content (AvgIpc) is 2.21. The molecule has 0 aromatic heterocycles. The van der Waals surface area contributed by atoms with E-state index in [4.69, 9.17) is 17.3 Å². The zero-order valence-corrected chi connectivity index (χ0v) is 10.2. The van der Waals surface area contributed by atoms with Gasteiger partial charge in [0.25, 0.3) is 0 Å². The summed E-state index contributed by atoms with van der Waals surface area (Å²) in [6, 6.07) is 7.96. The molecular formula is C12H19ClN2. The molecule has 0 fully saturated rings. The fourth-order valence-electron chi connectivity index (χ4n) is 1.59. The Balaban J connectivity index is 2.51. The summed E-state index contributed by atoms with van der Waals surface area (Å²) in [6.07, 6.45) is 0. The molecule has 15 heavy (non-hydrogen) atoms. The first-order valence-electron chi connectivity index (χ1n) is 5.25. The van der Waals surface area contributed by atoms with E-state index in [1.165, 1.54) is 5.56 Å². The Morgan fingerprint density at radius 3 is 2.67 bits per heavy atom. The third-order valence-electron chi connectivity index (χ3n) is 2.42. The summed E-state index contributed by atoms with van der Waals surface area (Å²) >= 11 is 6.09. The van der Waals surface area contributed by atoms with Crippen molar-refractivity contribution in [1.82, 2.24) is 4.90 Å². The maximum Gasteiger partial charge on any atom is 0.0451 e. The number of nitrogens with zero attached hydrogens (tertiary/aromatic N) is 1. The Labute approximate surface area is 97.0 Å². The minimum atomic E-state index is 0.525. The van der Waals surface area contributed by atoms with Crippen LogP contribution in [-0.4, -0.2) is 25.0 Å². The van der Waals surface area contributed by atoms with Crippen molar-refractivity contribution in [2.45, 2.75) is 13.5 Å². The highest BCUT2D eigenvalue weighted by atomic mass is 35.5. The van der Waals surface area contributed by atoms with Crippen molar-refractivity contribution in [1.29, 1.82) is 0 Å². The first-order valence-corrected chi connectivity index (χ1v) is 5.63. The molecule has 1 unspecified atom stereocenters. The number of hydrogen-bond acceptors (Lipinski definition) is 2. The van der Waals surface area contributed by atoms with E-state index in [-0.39, 0.29) is 0 Å². The van der Waals surface area contributed by atoms with Gasteiger partial charge in [0.15, 0.2) is 0 Å². The van der Waals surface area contributed by atoms with Gasteiger partial charge < -0.3 is 10.6 Å². The van der Waals surface area contributed by atoms with Gasteiger partial charge in [-0.25, -0.2) is 0 Å². The van der Waals surface area contributed by atoms with Gasteiger partial charge in [0.05, 0.1) is 0 Å². The number of halogens is 1. The minimum absolute atomic E-state index is 0.525. The van der Waals surface area contributed by atoms with E-state index in [0.29, 0.717) is 5.92 Å². The molecule has 0 saturated heterocycles. The van der Waals surface area contributed by atoms with Crippen LogP contribution >= 0.6 is 11.6 Å². The highest BCUT2D eigenvalue weighted by molar-refractivity contribution is 6.31. The molecule has 1 rings (SSSR count). The molecular weight excluding hydrogens is 208 g/mol. The molecule has 1 aromatic rings. The lowest BCUT2D eigenvalue weighted by Crippen LogP contribution is -2.28. The zero-order valence-electron chi connectivity index (χ0n) is 9.41. The van der Waals surface area contributed by atoms with Crippen LogP contribution in [0.5, 0.6) is 0 Å². The van der Waals surface area contributed by atoms with Crippen molar-refractivity contribution in [3.63, 3.8) is 0 Å². The molecule has 1 aromatic carbocycles. The van der Waals surface area contributed by atoms with Gasteiger partial charge in [0, 0.05) is 18.1 Å². The molecule has 0 amide bonds. The van der Waals surface area contributed by atoms with Crippen LogP contribution in [0.25, 0.3) is 0 Å². The SMILES string of the molecule is CC(CN)CN(C)Cc1ccccc1Cl. The molecule has 0 bridgehead atoms. The minimum Gasteiger partial charge on any atom is -0.330 e. The normalized spacial score (nSPS) is 13.1. The Morgan fingerprint density at radius 1 is 1.40 bits per heavy atom. The summed E-state index contributed by atoms with van der Waals surface area (Å²) in [6.45, 7) is 4.77. The van der Waals surface area contributed by atoms with Gasteiger partial charge in [-0.15, -0.1) is 0 Å². The largest absolute Gasteiger partial charge is 0.330 e. The van der Waals surface area contributed by atoms with Crippen molar-refractivity contribution in [2.75, 3.05) is 20.1 Å². The van der Waals surface area contributed by atoms with E-state index in [1.807, 2.05) is 18.2 Å². The van der Waals surface area contributed by atoms with Crippen molar-refractivity contribution >= 4 is 11.6 Å². The molecule has 3 heteroatoms. The van der Waals surface area contributed by atoms with Crippen molar-refractivity contribution in [3.8, 4) is 0 Å². The van der Waals surface area contributed by atoms with Gasteiger partial charge in [-0.3, -0.25) is 0 Å². The second-order valence-electron chi connectivity index (χ2n) is 4.13. The zero-order chi connectivity index (χ0) is 11.3. The summed E-state index contributed by atoms with van der Waals surface area (Å²) in [5.41, 5.74) is 6.76. The topological polar surface area (TPSA) is 29.3 Å². The fraction of sp³-hybridized carbons (Fsp3) is 0.500. The van der Waals surface area contributed by atoms with Crippen LogP contribution in [0, 0.1) is 5.92 Å². The number of rotatable bonds is 5. The molecule has 0 heterocycles. The molecule has 0 spiro atoms. The predicted molar refractivity (Wildman–Crippen MR) is 66.0 cm³/mol. The van der Waals surface area contributed by atoms with Gasteiger partial charge in [0.2, 0.25) is 0 Å². The van der Waals surface area contributed by atoms with Crippen LogP contribution in [0.4, 0.5) is 0 Å². The molecule has 0 saturated carbocycles. The van der Waals surface area contributed by atoms with Gasteiger partial charge in [0.1, 0.15) is 0 Å². The van der Waals surface area contributed by atoms with Gasteiger partial charge >= 0.3 is 0 Å². The Morgan fingerprint density at radius 2 is 2.07 bits per heavy atom. The van der Waals surface area contributed by atoms with E-state index in [9.17, 15) is 0 Å². The van der Waals surface area contributed by atoms with E-state index < -0.39 is 0 Å². The molecule has 1 atom stereocenters. The maximum atomic E-state index is 6.09. The van der Waals surface area contributed by atoms with Gasteiger partial charge in [-0.1, -0.05) is 36.7 Å². The lowest BCUT2D eigenvalue weighted by Gasteiger charge is -2.20. The summed E-state index contributed by atoms with van der Waals surface area (Å²) in [5, 5.41) is 0.838. The van der Waals surface area contributed by atoms with Crippen LogP contribution in [-0.2, 0) is 6.54 Å². The molecule has 0 radical (unpaired) electrons. The first-order chi connectivity index (χ1) is 7.13. The molecule has 0 aliphatic carbocycles. The lowest BCUT2D eigenvalue weighted by atomic mass is 10.1. The Hall–Kier alpha value is -0.570. The molecule has 2 nitrogen and oxygen atoms in total. The molecule has 0 aliphatic heterocycles. The first kappa shape index (κ1) is 12.5. The number of hydrogen-bond donors (Lipinski definition) is 1. The molecule has 84 valence electrons. The summed E-state index contributed by atoms with van der Waals surface area (Å²) in [7, 11) is 2.09. The van der Waals surface area contributed by atoms with Crippen LogP contribution in [0.1, 0.15) is 12.5 Å². The summed E-state index contributed by atoms with van der Waals surface area (Å²) in [4.78, 5) is 2.25. The fourth-order valence-corrected chi connectivity index (χ4v) is 1.78. The summed E-state index contributed by atoms with van der Waals surface area (Å²) in [5.74, 6) is 0.525. The quantitative estimate of drug-likeness (QED) is 0.836. The van der Waals surface area contributed by atoms with E-state index in [0.717, 1.165) is 24.7 Å². The van der Waals surface area contributed by atoms with E-state index >= 15 is 0 Å². The smallest absolute Gasteiger partial charge is 0.0451 e. The Kier molecular flexibility index (Phi) is 5.09. The molecule has 2 N–H and O–H groups in total. The molecule has 0 aliphatic rings. The van der Waals surface area contributed by atoms with Gasteiger partial charge in [-0.05, 0) is 31.1 Å². The average molecular weight is 227 g/mol. The third kappa shape index (κ3) is 4.20. The predicted octanol–water partition coefficient (Wildman–Crippen LogP) is 2.37. The monoisotopic (exact) mass is 226 g/mol. The third-order valence-corrected chi connectivity index (χ3v) is 2.79. The summed E-state index contributed by atoms with van der Waals surface area (Å²) < 4.78 is 0. The highest BCUT2D eigenvalue weighted by Crippen LogP contribution is 2.16. The Bertz CT molecular complexity index is 301. The van der Waals surface area contributed by atoms with Crippen LogP contribution in [0.3, 0.4) is 0 Å². The number of benzene rings is 1. The van der Waals surface area contributed by atoms with Crippen molar-refractivity contribution < 1.29 is 0 Å². The lowest BCUT2D eigenvalue weighted by molar-refractivity contribution is 0.282. The van der Waals surface area contributed by atoms with Crippen molar-refractivity contribution in [3.05, 3.63) is 34.9 Å². The van der Waals surface area contributed by atoms with Gasteiger partial charge in [-0.2, -0.15) is 0 Å². The highest BCUT2D eigenvalue weighted by Gasteiger charge is 2.06. The van der Waals surface area contributed by atoms with Crippen molar-refractivity contribution in [2.24, 2.45) is 11.7 Å². The standard InChI is InChI=1S/C12H19ClN2/c1-10(7-14)8-15(2)9-11-5-3-4-6-12(11)13/h3-6,10H,7-9,14H2,1-2H3. The van der Waals surface area contributed by atoms with Crippen LogP contribution < -0.4 is 5.73 Å². The van der Waals surface area contributed by atoms with Crippen LogP contribution in [0.15, 0.2) is 24.3 Å². The van der Waals surface area contributed by atoms with E-state index in [2.05, 4.69) is 24.9 Å². The van der Waals surface area contributed by atoms with Crippen LogP contribution in [0.2, 0.25) is 5.02 Å². The second kappa shape index (κ2) is 6.11. The number of nitrogens with two attached hydrogens (primary N) is 1.